The van der Waals surface area contributed by atoms with Crippen molar-refractivity contribution in [2.45, 2.75) is 20.2 Å². The molecule has 4 heteroatoms. The molecule has 0 aliphatic rings. The molecule has 0 unspecified atom stereocenters. The number of aromatic nitrogens is 3. The van der Waals surface area contributed by atoms with Crippen LogP contribution >= 0.6 is 0 Å². The van der Waals surface area contributed by atoms with E-state index in [2.05, 4.69) is 23.0 Å². The molecular weight excluding hydrogens is 125 g/mol. The molecule has 0 radical (unpaired) electrons. The molecule has 0 aliphatic carbocycles. The molecule has 0 saturated carbocycles. The summed E-state index contributed by atoms with van der Waals surface area (Å²) < 4.78 is 0. The number of aryl methyl sites for hydroxylation is 2. The average molecular weight is 135 g/mol. The molecule has 1 rings (SSSR count). The molecule has 0 saturated heterocycles. The highest BCUT2D eigenvalue weighted by Crippen LogP contribution is 1.97. The van der Waals surface area contributed by atoms with Gasteiger partial charge in [0, 0.05) is 0 Å². The van der Waals surface area contributed by atoms with Crippen LogP contribution in [0.2, 0.25) is 0 Å². The van der Waals surface area contributed by atoms with Gasteiger partial charge in [-0.25, -0.2) is 4.98 Å². The predicted octanol–water partition coefficient (Wildman–Crippen LogP) is -0.378. The van der Waals surface area contributed by atoms with Crippen molar-refractivity contribution in [1.82, 2.24) is 15.2 Å². The molecule has 0 aromatic carbocycles. The molecule has 1 aromatic rings. The van der Waals surface area contributed by atoms with Crippen LogP contribution in [0, 0.1) is 13.8 Å². The molecule has 52 valence electrons. The van der Waals surface area contributed by atoms with Crippen LogP contribution in [0.4, 0.5) is 0 Å². The molecule has 1 heterocycles. The van der Waals surface area contributed by atoms with Gasteiger partial charge >= 0.3 is 0 Å². The number of hydrogen-bond acceptors (Lipinski definition) is 3. The summed E-state index contributed by atoms with van der Waals surface area (Å²) in [5.41, 5.74) is 1.99. The zero-order valence-corrected chi connectivity index (χ0v) is 6.55. The quantitative estimate of drug-likeness (QED) is 0.492. The van der Waals surface area contributed by atoms with Gasteiger partial charge in [0.25, 0.3) is 0 Å². The van der Waals surface area contributed by atoms with Crippen LogP contribution in [0.15, 0.2) is 0 Å². The lowest BCUT2D eigenvalue weighted by molar-refractivity contribution is 0.842. The first-order chi connectivity index (χ1) is 4.74. The van der Waals surface area contributed by atoms with Crippen LogP contribution in [0.1, 0.15) is 17.2 Å². The zero-order valence-electron chi connectivity index (χ0n) is 6.55. The zero-order chi connectivity index (χ0) is 7.56. The predicted molar refractivity (Wildman–Crippen MR) is 41.5 cm³/mol. The first-order valence-corrected chi connectivity index (χ1v) is 3.41. The normalized spacial score (nSPS) is 9.80. The molecule has 0 aliphatic heterocycles. The second-order valence-electron chi connectivity index (χ2n) is 2.24. The van der Waals surface area contributed by atoms with Gasteiger partial charge in [0.1, 0.15) is 13.7 Å². The van der Waals surface area contributed by atoms with E-state index in [1.54, 1.807) is 0 Å². The van der Waals surface area contributed by atoms with Crippen LogP contribution in [-0.4, -0.2) is 23.0 Å². The molecule has 0 atom stereocenters. The maximum atomic E-state index is 4.22. The Labute approximate surface area is 61.3 Å². The lowest BCUT2D eigenvalue weighted by Crippen LogP contribution is -2.02. The highest BCUT2D eigenvalue weighted by atomic mass is 15.2. The molecule has 0 amide bonds. The summed E-state index contributed by atoms with van der Waals surface area (Å²) >= 11 is 0. The van der Waals surface area contributed by atoms with Crippen LogP contribution < -0.4 is 0 Å². The van der Waals surface area contributed by atoms with Crippen LogP contribution in [0.25, 0.3) is 0 Å². The number of rotatable bonds is 1. The molecular formula is C6H10BN3. The molecule has 1 aromatic heterocycles. The minimum atomic E-state index is 0.752. The Morgan fingerprint density at radius 3 is 2.50 bits per heavy atom. The van der Waals surface area contributed by atoms with Gasteiger partial charge in [-0.1, -0.05) is 0 Å². The first kappa shape index (κ1) is 7.19. The third-order valence-electron chi connectivity index (χ3n) is 1.39. The van der Waals surface area contributed by atoms with Gasteiger partial charge in [0.2, 0.25) is 0 Å². The van der Waals surface area contributed by atoms with Crippen molar-refractivity contribution in [1.29, 1.82) is 0 Å². The third kappa shape index (κ3) is 1.32. The summed E-state index contributed by atoms with van der Waals surface area (Å²) in [4.78, 5) is 4.22. The van der Waals surface area contributed by atoms with E-state index in [1.807, 2.05) is 13.8 Å². The second-order valence-corrected chi connectivity index (χ2v) is 2.24. The van der Waals surface area contributed by atoms with E-state index in [0.717, 1.165) is 23.5 Å². The van der Waals surface area contributed by atoms with E-state index in [9.17, 15) is 0 Å². The molecule has 0 spiro atoms. The molecule has 0 fully saturated rings. The largest absolute Gasteiger partial charge is 0.235 e. The van der Waals surface area contributed by atoms with Crippen LogP contribution in [0.3, 0.4) is 0 Å². The van der Waals surface area contributed by atoms with Crippen molar-refractivity contribution < 1.29 is 0 Å². The summed E-state index contributed by atoms with van der Waals surface area (Å²) in [6, 6.07) is 0. The van der Waals surface area contributed by atoms with Crippen molar-refractivity contribution in [2.24, 2.45) is 0 Å². The summed E-state index contributed by atoms with van der Waals surface area (Å²) in [6.07, 6.45) is 0.933. The minimum absolute atomic E-state index is 0.752. The average Bonchev–Trinajstić information content (AvgIpc) is 1.94. The van der Waals surface area contributed by atoms with E-state index < -0.39 is 0 Å². The highest BCUT2D eigenvalue weighted by molar-refractivity contribution is 6.08. The van der Waals surface area contributed by atoms with Gasteiger partial charge in [-0.05, 0) is 20.2 Å². The third-order valence-corrected chi connectivity index (χ3v) is 1.39. The van der Waals surface area contributed by atoms with Crippen molar-refractivity contribution in [3.05, 3.63) is 17.2 Å². The standard InChI is InChI=1S/C6H10BN3/c1-4-6(3-7)8-5(2)10-9-4/h3,7H2,1-2H3. The van der Waals surface area contributed by atoms with Crippen molar-refractivity contribution >= 4 is 7.85 Å². The first-order valence-electron chi connectivity index (χ1n) is 3.41. The van der Waals surface area contributed by atoms with Crippen LogP contribution in [-0.2, 0) is 6.32 Å². The fraction of sp³-hybridized carbons (Fsp3) is 0.500. The topological polar surface area (TPSA) is 38.7 Å². The number of nitrogens with zero attached hydrogens (tertiary/aromatic N) is 3. The Hall–Kier alpha value is -0.925. The maximum absolute atomic E-state index is 4.22. The summed E-state index contributed by atoms with van der Waals surface area (Å²) in [5, 5.41) is 7.76. The molecule has 10 heavy (non-hydrogen) atoms. The lowest BCUT2D eigenvalue weighted by Gasteiger charge is -1.98. The van der Waals surface area contributed by atoms with Crippen molar-refractivity contribution in [3.8, 4) is 0 Å². The minimum Gasteiger partial charge on any atom is -0.235 e. The fourth-order valence-electron chi connectivity index (χ4n) is 0.839. The van der Waals surface area contributed by atoms with Gasteiger partial charge in [0.05, 0.1) is 11.4 Å². The van der Waals surface area contributed by atoms with E-state index in [-0.39, 0.29) is 0 Å². The monoisotopic (exact) mass is 135 g/mol. The van der Waals surface area contributed by atoms with Gasteiger partial charge in [-0.2, -0.15) is 5.10 Å². The highest BCUT2D eigenvalue weighted by Gasteiger charge is 1.98. The van der Waals surface area contributed by atoms with E-state index in [0.29, 0.717) is 0 Å². The Balaban J connectivity index is 3.09. The summed E-state index contributed by atoms with van der Waals surface area (Å²) in [6.45, 7) is 3.78. The smallest absolute Gasteiger partial charge is 0.148 e. The lowest BCUT2D eigenvalue weighted by atomic mass is 10.0. The number of hydrogen-bond donors (Lipinski definition) is 0. The van der Waals surface area contributed by atoms with Gasteiger partial charge in [-0.15, -0.1) is 5.10 Å². The van der Waals surface area contributed by atoms with Gasteiger partial charge < -0.3 is 0 Å². The van der Waals surface area contributed by atoms with E-state index in [4.69, 9.17) is 0 Å². The summed E-state index contributed by atoms with van der Waals surface area (Å²) in [7, 11) is 2.07. The molecule has 0 bridgehead atoms. The Morgan fingerprint density at radius 1 is 1.30 bits per heavy atom. The van der Waals surface area contributed by atoms with Crippen molar-refractivity contribution in [2.75, 3.05) is 0 Å². The molecule has 3 nitrogen and oxygen atoms in total. The maximum Gasteiger partial charge on any atom is 0.148 e. The van der Waals surface area contributed by atoms with E-state index >= 15 is 0 Å². The van der Waals surface area contributed by atoms with Gasteiger partial charge in [0.15, 0.2) is 0 Å². The van der Waals surface area contributed by atoms with E-state index in [1.165, 1.54) is 0 Å². The Kier molecular flexibility index (Phi) is 1.99. The second kappa shape index (κ2) is 2.77. The van der Waals surface area contributed by atoms with Crippen LogP contribution in [0.5, 0.6) is 0 Å². The van der Waals surface area contributed by atoms with Gasteiger partial charge in [-0.3, -0.25) is 0 Å². The van der Waals surface area contributed by atoms with Crippen molar-refractivity contribution in [3.63, 3.8) is 0 Å². The fourth-order valence-corrected chi connectivity index (χ4v) is 0.839. The summed E-state index contributed by atoms with van der Waals surface area (Å²) in [5.74, 6) is 0.752. The molecule has 0 N–H and O–H groups in total. The Bertz CT molecular complexity index is 236. The SMILES string of the molecule is BCc1nc(C)nnc1C. The Morgan fingerprint density at radius 2 is 2.00 bits per heavy atom.